The van der Waals surface area contributed by atoms with E-state index in [1.807, 2.05) is 6.07 Å². The van der Waals surface area contributed by atoms with Crippen molar-refractivity contribution in [2.45, 2.75) is 6.54 Å². The Labute approximate surface area is 114 Å². The molecular formula is C13H9ClN4O. The molecule has 0 aliphatic heterocycles. The van der Waals surface area contributed by atoms with Crippen LogP contribution < -0.4 is 5.32 Å². The number of hydrogen-bond acceptors (Lipinski definition) is 4. The number of rotatable bonds is 3. The maximum absolute atomic E-state index is 11.8. The fourth-order valence-corrected chi connectivity index (χ4v) is 1.57. The van der Waals surface area contributed by atoms with Crippen LogP contribution in [0.15, 0.2) is 36.7 Å². The van der Waals surface area contributed by atoms with Gasteiger partial charge in [-0.25, -0.2) is 4.98 Å². The Morgan fingerprint density at radius 3 is 2.68 bits per heavy atom. The lowest BCUT2D eigenvalue weighted by Crippen LogP contribution is -2.24. The number of benzene rings is 1. The highest BCUT2D eigenvalue weighted by Crippen LogP contribution is 2.05. The lowest BCUT2D eigenvalue weighted by Gasteiger charge is -2.04. The van der Waals surface area contributed by atoms with Gasteiger partial charge in [-0.2, -0.15) is 5.26 Å². The third-order valence-corrected chi connectivity index (χ3v) is 2.56. The standard InChI is InChI=1S/C13H9ClN4O/c14-12-8-16-7-11(18-12)13(19)17-6-10-3-1-9(5-15)2-4-10/h1-4,7-8H,6H2,(H,17,19). The van der Waals surface area contributed by atoms with E-state index >= 15 is 0 Å². The van der Waals surface area contributed by atoms with Gasteiger partial charge >= 0.3 is 0 Å². The molecule has 0 atom stereocenters. The second-order valence-electron chi connectivity index (χ2n) is 3.72. The zero-order valence-corrected chi connectivity index (χ0v) is 10.6. The molecule has 2 aromatic rings. The number of carbonyl (C=O) groups is 1. The zero-order chi connectivity index (χ0) is 13.7. The summed E-state index contributed by atoms with van der Waals surface area (Å²) in [6, 6.07) is 8.98. The van der Waals surface area contributed by atoms with Gasteiger partial charge in [-0.3, -0.25) is 9.78 Å². The van der Waals surface area contributed by atoms with Gasteiger partial charge in [0.1, 0.15) is 10.8 Å². The fourth-order valence-electron chi connectivity index (χ4n) is 1.42. The van der Waals surface area contributed by atoms with Crippen molar-refractivity contribution in [1.29, 1.82) is 5.26 Å². The molecule has 0 unspecified atom stereocenters. The number of aromatic nitrogens is 2. The molecule has 19 heavy (non-hydrogen) atoms. The number of nitrogens with one attached hydrogen (secondary N) is 1. The molecule has 0 aliphatic rings. The molecule has 0 aliphatic carbocycles. The molecule has 1 N–H and O–H groups in total. The van der Waals surface area contributed by atoms with Gasteiger partial charge in [0.2, 0.25) is 0 Å². The van der Waals surface area contributed by atoms with Crippen LogP contribution in [0.3, 0.4) is 0 Å². The molecule has 5 nitrogen and oxygen atoms in total. The summed E-state index contributed by atoms with van der Waals surface area (Å²) in [7, 11) is 0. The van der Waals surface area contributed by atoms with Crippen LogP contribution in [0.4, 0.5) is 0 Å². The summed E-state index contributed by atoms with van der Waals surface area (Å²) in [6.07, 6.45) is 2.71. The summed E-state index contributed by atoms with van der Waals surface area (Å²) in [6.45, 7) is 0.346. The highest BCUT2D eigenvalue weighted by atomic mass is 35.5. The monoisotopic (exact) mass is 272 g/mol. The van der Waals surface area contributed by atoms with Gasteiger partial charge < -0.3 is 5.32 Å². The van der Waals surface area contributed by atoms with Crippen LogP contribution in [0.5, 0.6) is 0 Å². The Bertz CT molecular complexity index is 634. The predicted molar refractivity (Wildman–Crippen MR) is 69.4 cm³/mol. The number of nitriles is 1. The van der Waals surface area contributed by atoms with Crippen LogP contribution >= 0.6 is 11.6 Å². The first-order valence-corrected chi connectivity index (χ1v) is 5.81. The summed E-state index contributed by atoms with van der Waals surface area (Å²) in [5.74, 6) is -0.348. The quantitative estimate of drug-likeness (QED) is 0.926. The van der Waals surface area contributed by atoms with E-state index in [-0.39, 0.29) is 16.8 Å². The molecule has 1 aromatic heterocycles. The van der Waals surface area contributed by atoms with E-state index in [2.05, 4.69) is 15.3 Å². The summed E-state index contributed by atoms with van der Waals surface area (Å²) in [4.78, 5) is 19.4. The van der Waals surface area contributed by atoms with E-state index in [0.29, 0.717) is 12.1 Å². The molecule has 1 heterocycles. The molecule has 0 bridgehead atoms. The van der Waals surface area contributed by atoms with Crippen LogP contribution in [0, 0.1) is 11.3 Å². The van der Waals surface area contributed by atoms with Gasteiger partial charge in [-0.05, 0) is 17.7 Å². The SMILES string of the molecule is N#Cc1ccc(CNC(=O)c2cncc(Cl)n2)cc1. The van der Waals surface area contributed by atoms with Crippen molar-refractivity contribution in [1.82, 2.24) is 15.3 Å². The van der Waals surface area contributed by atoms with Gasteiger partial charge in [0.25, 0.3) is 5.91 Å². The number of hydrogen-bond donors (Lipinski definition) is 1. The van der Waals surface area contributed by atoms with Gasteiger partial charge in [0.15, 0.2) is 0 Å². The molecule has 0 saturated carbocycles. The average molecular weight is 273 g/mol. The van der Waals surface area contributed by atoms with Crippen molar-refractivity contribution in [3.8, 4) is 6.07 Å². The number of halogens is 1. The minimum Gasteiger partial charge on any atom is -0.347 e. The van der Waals surface area contributed by atoms with Gasteiger partial charge in [0, 0.05) is 6.54 Å². The van der Waals surface area contributed by atoms with Crippen molar-refractivity contribution >= 4 is 17.5 Å². The van der Waals surface area contributed by atoms with Crippen LogP contribution in [0.25, 0.3) is 0 Å². The first kappa shape index (κ1) is 13.0. The Morgan fingerprint density at radius 1 is 1.32 bits per heavy atom. The normalized spacial score (nSPS) is 9.68. The van der Waals surface area contributed by atoms with Crippen LogP contribution in [-0.4, -0.2) is 15.9 Å². The lowest BCUT2D eigenvalue weighted by atomic mass is 10.1. The van der Waals surface area contributed by atoms with Gasteiger partial charge in [-0.15, -0.1) is 0 Å². The van der Waals surface area contributed by atoms with Crippen molar-refractivity contribution < 1.29 is 4.79 Å². The van der Waals surface area contributed by atoms with E-state index < -0.39 is 0 Å². The number of carbonyl (C=O) groups excluding carboxylic acids is 1. The molecule has 6 heteroatoms. The van der Waals surface area contributed by atoms with Crippen molar-refractivity contribution in [2.75, 3.05) is 0 Å². The van der Waals surface area contributed by atoms with Crippen LogP contribution in [0.2, 0.25) is 5.15 Å². The molecule has 0 saturated heterocycles. The maximum Gasteiger partial charge on any atom is 0.271 e. The topological polar surface area (TPSA) is 78.7 Å². The summed E-state index contributed by atoms with van der Waals surface area (Å²) in [5.41, 5.74) is 1.64. The Hall–Kier alpha value is -2.45. The first-order chi connectivity index (χ1) is 9.19. The highest BCUT2D eigenvalue weighted by molar-refractivity contribution is 6.29. The second kappa shape index (κ2) is 5.94. The fraction of sp³-hybridized carbons (Fsp3) is 0.0769. The molecule has 1 aromatic carbocycles. The minimum atomic E-state index is -0.348. The second-order valence-corrected chi connectivity index (χ2v) is 4.11. The van der Waals surface area contributed by atoms with E-state index in [0.717, 1.165) is 5.56 Å². The minimum absolute atomic E-state index is 0.168. The predicted octanol–water partition coefficient (Wildman–Crippen LogP) is 1.93. The molecule has 94 valence electrons. The number of nitrogens with zero attached hydrogens (tertiary/aromatic N) is 3. The van der Waals surface area contributed by atoms with Crippen LogP contribution in [0.1, 0.15) is 21.6 Å². The summed E-state index contributed by atoms with van der Waals surface area (Å²) >= 11 is 5.66. The van der Waals surface area contributed by atoms with E-state index in [4.69, 9.17) is 16.9 Å². The van der Waals surface area contributed by atoms with Crippen LogP contribution in [-0.2, 0) is 6.54 Å². The van der Waals surface area contributed by atoms with Gasteiger partial charge in [0.05, 0.1) is 24.0 Å². The molecule has 2 rings (SSSR count). The molecular weight excluding hydrogens is 264 g/mol. The Morgan fingerprint density at radius 2 is 2.05 bits per heavy atom. The highest BCUT2D eigenvalue weighted by Gasteiger charge is 2.07. The van der Waals surface area contributed by atoms with Gasteiger partial charge in [-0.1, -0.05) is 23.7 Å². The molecule has 0 radical (unpaired) electrons. The third kappa shape index (κ3) is 3.50. The smallest absolute Gasteiger partial charge is 0.271 e. The number of amides is 1. The van der Waals surface area contributed by atoms with E-state index in [1.54, 1.807) is 24.3 Å². The van der Waals surface area contributed by atoms with E-state index in [9.17, 15) is 4.79 Å². The molecule has 1 amide bonds. The lowest BCUT2D eigenvalue weighted by molar-refractivity contribution is 0.0945. The molecule has 0 spiro atoms. The van der Waals surface area contributed by atoms with Crippen molar-refractivity contribution in [2.24, 2.45) is 0 Å². The molecule has 0 fully saturated rings. The van der Waals surface area contributed by atoms with E-state index in [1.165, 1.54) is 12.4 Å². The van der Waals surface area contributed by atoms with Crippen molar-refractivity contribution in [3.05, 3.63) is 58.6 Å². The average Bonchev–Trinajstić information content (AvgIpc) is 2.45. The summed E-state index contributed by atoms with van der Waals surface area (Å²) < 4.78 is 0. The van der Waals surface area contributed by atoms with Crippen molar-refractivity contribution in [3.63, 3.8) is 0 Å². The zero-order valence-electron chi connectivity index (χ0n) is 9.80. The summed E-state index contributed by atoms with van der Waals surface area (Å²) in [5, 5.41) is 11.5. The maximum atomic E-state index is 11.8. The largest absolute Gasteiger partial charge is 0.347 e. The third-order valence-electron chi connectivity index (χ3n) is 2.37. The Balaban J connectivity index is 1.98. The first-order valence-electron chi connectivity index (χ1n) is 5.44. The Kier molecular flexibility index (Phi) is 4.06.